The van der Waals surface area contributed by atoms with Crippen molar-refractivity contribution in [3.05, 3.63) is 43.7 Å². The first-order valence-electron chi connectivity index (χ1n) is 5.84. The Bertz CT molecular complexity index is 824. The van der Waals surface area contributed by atoms with Crippen LogP contribution in [0, 0.1) is 0 Å². The average molecular weight is 460 g/mol. The van der Waals surface area contributed by atoms with Crippen molar-refractivity contribution in [2.45, 2.75) is 0 Å². The van der Waals surface area contributed by atoms with Crippen molar-refractivity contribution in [2.24, 2.45) is 7.05 Å². The Morgan fingerprint density at radius 1 is 1.05 bits per heavy atom. The number of hydrogen-bond donors (Lipinski definition) is 1. The Labute approximate surface area is 141 Å². The maximum atomic E-state index is 6.17. The molecule has 6 heteroatoms. The smallest absolute Gasteiger partial charge is 0.143 e. The molecule has 0 bridgehead atoms. The molecule has 0 fully saturated rings. The summed E-state index contributed by atoms with van der Waals surface area (Å²) in [6, 6.07) is 9.96. The molecular weight excluding hydrogens is 450 g/mol. The molecule has 0 saturated carbocycles. The molecule has 0 spiro atoms. The zero-order chi connectivity index (χ0) is 14.4. The fourth-order valence-electron chi connectivity index (χ4n) is 2.18. The molecule has 20 heavy (non-hydrogen) atoms. The quantitative estimate of drug-likeness (QED) is 0.514. The van der Waals surface area contributed by atoms with Crippen LogP contribution in [0.3, 0.4) is 0 Å². The average Bonchev–Trinajstić information content (AvgIpc) is 2.70. The number of fused-ring (bicyclic) bond motifs is 1. The van der Waals surface area contributed by atoms with Gasteiger partial charge in [-0.15, -0.1) is 0 Å². The molecule has 0 aliphatic heterocycles. The third-order valence-corrected chi connectivity index (χ3v) is 4.79. The van der Waals surface area contributed by atoms with Crippen LogP contribution in [0.1, 0.15) is 0 Å². The van der Waals surface area contributed by atoms with E-state index in [-0.39, 0.29) is 0 Å². The summed E-state index contributed by atoms with van der Waals surface area (Å²) >= 11 is 10.4. The number of nitrogens with two attached hydrogens (primary N) is 1. The monoisotopic (exact) mass is 457 g/mol. The number of aryl methyl sites for hydroxylation is 1. The lowest BCUT2D eigenvalue weighted by Crippen LogP contribution is -1.98. The van der Waals surface area contributed by atoms with E-state index in [1.165, 1.54) is 0 Å². The number of halogens is 3. The summed E-state index contributed by atoms with van der Waals surface area (Å²) in [5.74, 6) is 0.845. The lowest BCUT2D eigenvalue weighted by molar-refractivity contribution is 0.959. The first kappa shape index (κ1) is 14.1. The zero-order valence-electron chi connectivity index (χ0n) is 10.5. The van der Waals surface area contributed by atoms with Gasteiger partial charge in [0, 0.05) is 26.0 Å². The Morgan fingerprint density at radius 3 is 2.55 bits per heavy atom. The number of hydrogen-bond acceptors (Lipinski definition) is 2. The molecule has 2 N–H and O–H groups in total. The predicted octanol–water partition coefficient (Wildman–Crippen LogP) is 5.11. The molecule has 102 valence electrons. The van der Waals surface area contributed by atoms with Gasteiger partial charge < -0.3 is 10.3 Å². The van der Waals surface area contributed by atoms with Gasteiger partial charge in [0.25, 0.3) is 0 Å². The molecule has 0 amide bonds. The van der Waals surface area contributed by atoms with E-state index < -0.39 is 0 Å². The fraction of sp³-hybridized carbons (Fsp3) is 0.0714. The van der Waals surface area contributed by atoms with Crippen LogP contribution in [0.2, 0.25) is 0 Å². The van der Waals surface area contributed by atoms with Crippen LogP contribution < -0.4 is 5.73 Å². The third kappa shape index (κ3) is 2.29. The Kier molecular flexibility index (Phi) is 3.64. The van der Waals surface area contributed by atoms with Crippen molar-refractivity contribution in [1.29, 1.82) is 0 Å². The number of nitrogen functional groups attached to an aromatic ring is 1. The van der Waals surface area contributed by atoms with E-state index in [2.05, 4.69) is 47.8 Å². The summed E-state index contributed by atoms with van der Waals surface area (Å²) in [7, 11) is 1.99. The lowest BCUT2D eigenvalue weighted by atomic mass is 10.1. The summed E-state index contributed by atoms with van der Waals surface area (Å²) in [6.07, 6.45) is 0. The van der Waals surface area contributed by atoms with Gasteiger partial charge in [0.15, 0.2) is 0 Å². The zero-order valence-corrected chi connectivity index (χ0v) is 15.3. The van der Waals surface area contributed by atoms with E-state index >= 15 is 0 Å². The van der Waals surface area contributed by atoms with Crippen LogP contribution in [-0.4, -0.2) is 9.55 Å². The lowest BCUT2D eigenvalue weighted by Gasteiger charge is -2.08. The van der Waals surface area contributed by atoms with Crippen molar-refractivity contribution in [1.82, 2.24) is 9.55 Å². The highest BCUT2D eigenvalue weighted by Crippen LogP contribution is 2.36. The van der Waals surface area contributed by atoms with Gasteiger partial charge in [-0.2, -0.15) is 0 Å². The summed E-state index contributed by atoms with van der Waals surface area (Å²) in [6.45, 7) is 0. The van der Waals surface area contributed by atoms with Gasteiger partial charge in [-0.05, 0) is 46.3 Å². The van der Waals surface area contributed by atoms with Crippen LogP contribution in [0.15, 0.2) is 43.7 Å². The highest BCUT2D eigenvalue weighted by Gasteiger charge is 2.15. The van der Waals surface area contributed by atoms with Crippen molar-refractivity contribution in [2.75, 3.05) is 5.73 Å². The molecule has 0 aliphatic rings. The second-order valence-electron chi connectivity index (χ2n) is 4.48. The van der Waals surface area contributed by atoms with Crippen LogP contribution in [0.25, 0.3) is 22.4 Å². The molecular formula is C14H10Br3N3. The second kappa shape index (κ2) is 5.16. The molecule has 0 unspecified atom stereocenters. The molecule has 3 aromatic rings. The molecule has 3 rings (SSSR count). The minimum Gasteiger partial charge on any atom is -0.397 e. The first-order valence-corrected chi connectivity index (χ1v) is 8.22. The molecule has 0 atom stereocenters. The van der Waals surface area contributed by atoms with Gasteiger partial charge in [0.1, 0.15) is 5.82 Å². The number of rotatable bonds is 1. The Morgan fingerprint density at radius 2 is 1.80 bits per heavy atom. The summed E-state index contributed by atoms with van der Waals surface area (Å²) in [5.41, 5.74) is 9.77. The van der Waals surface area contributed by atoms with Crippen molar-refractivity contribution >= 4 is 64.5 Å². The normalized spacial score (nSPS) is 11.2. The molecule has 0 saturated heterocycles. The molecule has 0 radical (unpaired) electrons. The maximum Gasteiger partial charge on any atom is 0.143 e. The SMILES string of the molecule is Cn1c(-c2cc(Br)cc(Br)c2N)nc2cc(Br)ccc21. The highest BCUT2D eigenvalue weighted by atomic mass is 79.9. The van der Waals surface area contributed by atoms with E-state index in [1.807, 2.05) is 41.9 Å². The van der Waals surface area contributed by atoms with Crippen LogP contribution in [-0.2, 0) is 7.05 Å². The van der Waals surface area contributed by atoms with E-state index in [4.69, 9.17) is 10.7 Å². The summed E-state index contributed by atoms with van der Waals surface area (Å²) < 4.78 is 4.88. The van der Waals surface area contributed by atoms with Gasteiger partial charge in [-0.25, -0.2) is 4.98 Å². The molecule has 1 heterocycles. The largest absolute Gasteiger partial charge is 0.397 e. The van der Waals surface area contributed by atoms with Crippen LogP contribution >= 0.6 is 47.8 Å². The molecule has 2 aromatic carbocycles. The number of imidazole rings is 1. The van der Waals surface area contributed by atoms with Gasteiger partial charge >= 0.3 is 0 Å². The maximum absolute atomic E-state index is 6.17. The van der Waals surface area contributed by atoms with E-state index in [1.54, 1.807) is 0 Å². The number of nitrogens with zero attached hydrogens (tertiary/aromatic N) is 2. The molecule has 3 nitrogen and oxygen atoms in total. The molecule has 1 aromatic heterocycles. The second-order valence-corrected chi connectivity index (χ2v) is 7.16. The van der Waals surface area contributed by atoms with Gasteiger partial charge in [-0.3, -0.25) is 0 Å². The van der Waals surface area contributed by atoms with Crippen molar-refractivity contribution in [3.8, 4) is 11.4 Å². The third-order valence-electron chi connectivity index (χ3n) is 3.18. The van der Waals surface area contributed by atoms with Crippen LogP contribution in [0.4, 0.5) is 5.69 Å². The van der Waals surface area contributed by atoms with E-state index in [9.17, 15) is 0 Å². The Balaban J connectivity index is 2.32. The topological polar surface area (TPSA) is 43.8 Å². The number of benzene rings is 2. The van der Waals surface area contributed by atoms with Crippen LogP contribution in [0.5, 0.6) is 0 Å². The van der Waals surface area contributed by atoms with Gasteiger partial charge in [0.2, 0.25) is 0 Å². The molecule has 0 aliphatic carbocycles. The standard InChI is InChI=1S/C14H10Br3N3/c1-20-12-3-2-7(15)6-11(12)19-14(20)9-4-8(16)5-10(17)13(9)18/h2-6H,18H2,1H3. The number of aromatic nitrogens is 2. The van der Waals surface area contributed by atoms with Gasteiger partial charge in [0.05, 0.1) is 16.7 Å². The van der Waals surface area contributed by atoms with E-state index in [0.717, 1.165) is 35.8 Å². The fourth-order valence-corrected chi connectivity index (χ4v) is 3.76. The minimum absolute atomic E-state index is 0.686. The van der Waals surface area contributed by atoms with Crippen molar-refractivity contribution < 1.29 is 0 Å². The van der Waals surface area contributed by atoms with E-state index in [0.29, 0.717) is 5.69 Å². The highest BCUT2D eigenvalue weighted by molar-refractivity contribution is 9.11. The predicted molar refractivity (Wildman–Crippen MR) is 93.7 cm³/mol. The minimum atomic E-state index is 0.686. The first-order chi connectivity index (χ1) is 9.47. The Hall–Kier alpha value is -0.850. The number of anilines is 1. The summed E-state index contributed by atoms with van der Waals surface area (Å²) in [5, 5.41) is 0. The summed E-state index contributed by atoms with van der Waals surface area (Å²) in [4.78, 5) is 4.70. The van der Waals surface area contributed by atoms with Crippen molar-refractivity contribution in [3.63, 3.8) is 0 Å². The van der Waals surface area contributed by atoms with Gasteiger partial charge in [-0.1, -0.05) is 31.9 Å².